The molecule has 0 fully saturated rings. The number of nitrogens with zero attached hydrogens (tertiary/aromatic N) is 1. The topological polar surface area (TPSA) is 12.4 Å². The van der Waals surface area contributed by atoms with Gasteiger partial charge in [-0.15, -0.1) is 0 Å². The molecule has 2 unspecified atom stereocenters. The summed E-state index contributed by atoms with van der Waals surface area (Å²) in [7, 11) is 0. The summed E-state index contributed by atoms with van der Waals surface area (Å²) in [5, 5.41) is 2.78. The van der Waals surface area contributed by atoms with Crippen LogP contribution in [-0.2, 0) is 5.41 Å². The van der Waals surface area contributed by atoms with Crippen LogP contribution in [0.4, 0.5) is 0 Å². The van der Waals surface area contributed by atoms with Gasteiger partial charge in [0.1, 0.15) is 0 Å². The van der Waals surface area contributed by atoms with E-state index in [1.54, 1.807) is 0 Å². The third kappa shape index (κ3) is 2.10. The fourth-order valence-electron chi connectivity index (χ4n) is 4.08. The van der Waals surface area contributed by atoms with Crippen LogP contribution in [0, 0.1) is 0 Å². The van der Waals surface area contributed by atoms with Crippen LogP contribution >= 0.6 is 0 Å². The molecule has 0 amide bonds. The van der Waals surface area contributed by atoms with Crippen LogP contribution in [0.25, 0.3) is 10.8 Å². The Labute approximate surface area is 138 Å². The largest absolute Gasteiger partial charge is 0.277 e. The molecule has 0 aromatic heterocycles. The van der Waals surface area contributed by atoms with E-state index in [-0.39, 0.29) is 11.5 Å². The SMILES string of the molecule is C=CC1=NC2C=CCC2c2c1cc(C(C)(C)C)c1ccccc21. The van der Waals surface area contributed by atoms with Crippen molar-refractivity contribution in [3.8, 4) is 0 Å². The molecule has 0 bridgehead atoms. The van der Waals surface area contributed by atoms with Crippen molar-refractivity contribution in [2.45, 2.75) is 44.6 Å². The number of allylic oxidation sites excluding steroid dienone is 2. The number of hydrogen-bond donors (Lipinski definition) is 0. The second-order valence-corrected chi connectivity index (χ2v) is 7.66. The number of benzene rings is 2. The van der Waals surface area contributed by atoms with Crippen molar-refractivity contribution >= 4 is 16.5 Å². The average molecular weight is 301 g/mol. The highest BCUT2D eigenvalue weighted by atomic mass is 14.8. The summed E-state index contributed by atoms with van der Waals surface area (Å²) in [4.78, 5) is 4.95. The molecule has 0 saturated heterocycles. The van der Waals surface area contributed by atoms with Crippen molar-refractivity contribution in [2.24, 2.45) is 4.99 Å². The predicted molar refractivity (Wildman–Crippen MR) is 99.7 cm³/mol. The van der Waals surface area contributed by atoms with E-state index in [1.165, 1.54) is 27.5 Å². The first kappa shape index (κ1) is 14.4. The van der Waals surface area contributed by atoms with E-state index < -0.39 is 0 Å². The summed E-state index contributed by atoms with van der Waals surface area (Å²) < 4.78 is 0. The maximum absolute atomic E-state index is 4.95. The summed E-state index contributed by atoms with van der Waals surface area (Å²) in [5.41, 5.74) is 5.29. The lowest BCUT2D eigenvalue weighted by Gasteiger charge is -2.31. The molecule has 2 aromatic carbocycles. The quantitative estimate of drug-likeness (QED) is 0.613. The van der Waals surface area contributed by atoms with Crippen LogP contribution in [0.15, 0.2) is 60.1 Å². The van der Waals surface area contributed by atoms with E-state index in [2.05, 4.69) is 69.8 Å². The molecule has 2 aliphatic rings. The molecule has 1 heteroatoms. The average Bonchev–Trinajstić information content (AvgIpc) is 3.00. The molecular formula is C22H23N. The summed E-state index contributed by atoms with van der Waals surface area (Å²) in [6.45, 7) is 10.9. The molecule has 0 N–H and O–H groups in total. The van der Waals surface area contributed by atoms with Gasteiger partial charge in [0, 0.05) is 11.5 Å². The van der Waals surface area contributed by atoms with Crippen molar-refractivity contribution in [1.29, 1.82) is 0 Å². The van der Waals surface area contributed by atoms with Crippen molar-refractivity contribution in [3.05, 3.63) is 71.8 Å². The van der Waals surface area contributed by atoms with Gasteiger partial charge in [-0.2, -0.15) is 0 Å². The molecule has 0 radical (unpaired) electrons. The Balaban J connectivity index is 2.12. The second kappa shape index (κ2) is 4.92. The molecule has 0 spiro atoms. The lowest BCUT2D eigenvalue weighted by molar-refractivity contribution is 0.594. The first-order chi connectivity index (χ1) is 11.0. The van der Waals surface area contributed by atoms with E-state index in [0.29, 0.717) is 5.92 Å². The highest BCUT2D eigenvalue weighted by Gasteiger charge is 2.34. The maximum Gasteiger partial charge on any atom is 0.0759 e. The Morgan fingerprint density at radius 1 is 1.17 bits per heavy atom. The Morgan fingerprint density at radius 2 is 1.91 bits per heavy atom. The molecule has 1 nitrogen and oxygen atoms in total. The minimum absolute atomic E-state index is 0.103. The number of aliphatic imine (C=N–C) groups is 1. The summed E-state index contributed by atoms with van der Waals surface area (Å²) in [6, 6.07) is 11.5. The zero-order chi connectivity index (χ0) is 16.2. The van der Waals surface area contributed by atoms with Crippen LogP contribution in [0.2, 0.25) is 0 Å². The smallest absolute Gasteiger partial charge is 0.0759 e. The Morgan fingerprint density at radius 3 is 2.61 bits per heavy atom. The van der Waals surface area contributed by atoms with Gasteiger partial charge in [0.2, 0.25) is 0 Å². The van der Waals surface area contributed by atoms with Gasteiger partial charge in [-0.05, 0) is 45.9 Å². The van der Waals surface area contributed by atoms with E-state index in [4.69, 9.17) is 4.99 Å². The third-order valence-electron chi connectivity index (χ3n) is 5.16. The van der Waals surface area contributed by atoms with Gasteiger partial charge in [0.05, 0.1) is 11.8 Å². The summed E-state index contributed by atoms with van der Waals surface area (Å²) in [6.07, 6.45) is 7.54. The lowest BCUT2D eigenvalue weighted by Crippen LogP contribution is -2.23. The van der Waals surface area contributed by atoms with E-state index in [0.717, 1.165) is 12.1 Å². The minimum Gasteiger partial charge on any atom is -0.277 e. The van der Waals surface area contributed by atoms with Gasteiger partial charge >= 0.3 is 0 Å². The third-order valence-corrected chi connectivity index (χ3v) is 5.16. The van der Waals surface area contributed by atoms with Crippen molar-refractivity contribution in [3.63, 3.8) is 0 Å². The van der Waals surface area contributed by atoms with Crippen LogP contribution in [0.5, 0.6) is 0 Å². The molecule has 116 valence electrons. The molecule has 1 heterocycles. The fourth-order valence-corrected chi connectivity index (χ4v) is 4.08. The van der Waals surface area contributed by atoms with Crippen LogP contribution in [-0.4, -0.2) is 11.8 Å². The van der Waals surface area contributed by atoms with E-state index in [1.807, 2.05) is 6.08 Å². The molecule has 2 aromatic rings. The Bertz CT molecular complexity index is 861. The number of rotatable bonds is 1. The first-order valence-electron chi connectivity index (χ1n) is 8.44. The zero-order valence-electron chi connectivity index (χ0n) is 14.1. The summed E-state index contributed by atoms with van der Waals surface area (Å²) >= 11 is 0. The van der Waals surface area contributed by atoms with Crippen molar-refractivity contribution < 1.29 is 0 Å². The number of hydrogen-bond acceptors (Lipinski definition) is 1. The Kier molecular flexibility index (Phi) is 3.09. The van der Waals surface area contributed by atoms with Crippen molar-refractivity contribution in [2.75, 3.05) is 0 Å². The van der Waals surface area contributed by atoms with Gasteiger partial charge in [-0.1, -0.05) is 63.8 Å². The molecular weight excluding hydrogens is 278 g/mol. The molecule has 4 rings (SSSR count). The minimum atomic E-state index is 0.103. The second-order valence-electron chi connectivity index (χ2n) is 7.66. The van der Waals surface area contributed by atoms with E-state index in [9.17, 15) is 0 Å². The standard InChI is InChI=1S/C22H23N/c1-5-19-17-13-18(22(2,3)4)14-9-6-7-10-15(14)21(17)16-11-8-12-20(16)23-19/h5-10,12-13,16,20H,1,11H2,2-4H3. The number of fused-ring (bicyclic) bond motifs is 5. The summed E-state index contributed by atoms with van der Waals surface area (Å²) in [5.74, 6) is 0.479. The van der Waals surface area contributed by atoms with Gasteiger partial charge in [0.25, 0.3) is 0 Å². The molecule has 23 heavy (non-hydrogen) atoms. The maximum atomic E-state index is 4.95. The highest BCUT2D eigenvalue weighted by Crippen LogP contribution is 2.44. The van der Waals surface area contributed by atoms with Crippen LogP contribution in [0.1, 0.15) is 49.8 Å². The van der Waals surface area contributed by atoms with Gasteiger partial charge in [0.15, 0.2) is 0 Å². The monoisotopic (exact) mass is 301 g/mol. The molecule has 2 atom stereocenters. The molecule has 1 aliphatic carbocycles. The normalized spacial score (nSPS) is 22.7. The lowest BCUT2D eigenvalue weighted by atomic mass is 9.76. The predicted octanol–water partition coefficient (Wildman–Crippen LogP) is 5.54. The van der Waals surface area contributed by atoms with Gasteiger partial charge in [-0.3, -0.25) is 4.99 Å². The van der Waals surface area contributed by atoms with Gasteiger partial charge in [-0.25, -0.2) is 0 Å². The van der Waals surface area contributed by atoms with Crippen molar-refractivity contribution in [1.82, 2.24) is 0 Å². The van der Waals surface area contributed by atoms with Gasteiger partial charge < -0.3 is 0 Å². The Hall–Kier alpha value is -2.15. The van der Waals surface area contributed by atoms with Crippen LogP contribution in [0.3, 0.4) is 0 Å². The first-order valence-corrected chi connectivity index (χ1v) is 8.44. The molecule has 1 aliphatic heterocycles. The molecule has 0 saturated carbocycles. The van der Waals surface area contributed by atoms with Crippen LogP contribution < -0.4 is 0 Å². The fraction of sp³-hybridized carbons (Fsp3) is 0.318. The van der Waals surface area contributed by atoms with E-state index >= 15 is 0 Å². The highest BCUT2D eigenvalue weighted by molar-refractivity contribution is 6.13. The zero-order valence-corrected chi connectivity index (χ0v) is 14.1.